The van der Waals surface area contributed by atoms with E-state index in [2.05, 4.69) is 4.98 Å². The van der Waals surface area contributed by atoms with E-state index in [0.29, 0.717) is 12.8 Å². The van der Waals surface area contributed by atoms with Gasteiger partial charge in [0.25, 0.3) is 0 Å². The van der Waals surface area contributed by atoms with E-state index in [-0.39, 0.29) is 11.7 Å². The Hall–Kier alpha value is -1.45. The molecule has 0 saturated carbocycles. The molecule has 0 aliphatic rings. The van der Waals surface area contributed by atoms with E-state index < -0.39 is 0 Å². The molecule has 0 radical (unpaired) electrons. The Bertz CT molecular complexity index is 304. The standard InChI is InChI=1S/C10H14N2O2/c1-9(13)4-2-3-5-10(14)12-7-6-11-8-12/h6-8H,2-5H2,1H3. The maximum absolute atomic E-state index is 11.4. The van der Waals surface area contributed by atoms with E-state index in [1.54, 1.807) is 19.3 Å². The van der Waals surface area contributed by atoms with Crippen LogP contribution in [0.5, 0.6) is 0 Å². The van der Waals surface area contributed by atoms with Crippen molar-refractivity contribution >= 4 is 11.7 Å². The molecule has 0 unspecified atom stereocenters. The van der Waals surface area contributed by atoms with Crippen molar-refractivity contribution in [1.29, 1.82) is 0 Å². The second kappa shape index (κ2) is 5.32. The predicted octanol–water partition coefficient (Wildman–Crippen LogP) is 1.67. The van der Waals surface area contributed by atoms with Crippen LogP contribution < -0.4 is 0 Å². The van der Waals surface area contributed by atoms with E-state index in [4.69, 9.17) is 0 Å². The van der Waals surface area contributed by atoms with E-state index in [1.807, 2.05) is 0 Å². The van der Waals surface area contributed by atoms with Crippen LogP contribution in [0.3, 0.4) is 0 Å². The molecule has 1 heterocycles. The summed E-state index contributed by atoms with van der Waals surface area (Å²) < 4.78 is 1.47. The van der Waals surface area contributed by atoms with Crippen molar-refractivity contribution in [3.8, 4) is 0 Å². The number of aromatic nitrogens is 2. The summed E-state index contributed by atoms with van der Waals surface area (Å²) in [6.07, 6.45) is 7.29. The van der Waals surface area contributed by atoms with E-state index in [0.717, 1.165) is 12.8 Å². The quantitative estimate of drug-likeness (QED) is 0.670. The summed E-state index contributed by atoms with van der Waals surface area (Å²) in [5.41, 5.74) is 0. The Balaban J connectivity index is 2.19. The molecular formula is C10H14N2O2. The maximum atomic E-state index is 11.4. The highest BCUT2D eigenvalue weighted by molar-refractivity contribution is 5.78. The third-order valence-corrected chi connectivity index (χ3v) is 1.96. The van der Waals surface area contributed by atoms with Gasteiger partial charge in [-0.2, -0.15) is 0 Å². The van der Waals surface area contributed by atoms with Gasteiger partial charge < -0.3 is 4.79 Å². The van der Waals surface area contributed by atoms with Crippen LogP contribution in [0.25, 0.3) is 0 Å². The molecule has 0 fully saturated rings. The van der Waals surface area contributed by atoms with Crippen LogP contribution in [0.15, 0.2) is 18.7 Å². The molecule has 0 bridgehead atoms. The second-order valence-corrected chi connectivity index (χ2v) is 3.27. The average Bonchev–Trinajstić information content (AvgIpc) is 2.64. The molecule has 0 atom stereocenters. The molecule has 0 spiro atoms. The largest absolute Gasteiger partial charge is 0.300 e. The number of unbranched alkanes of at least 4 members (excludes halogenated alkanes) is 1. The number of hydrogen-bond acceptors (Lipinski definition) is 3. The van der Waals surface area contributed by atoms with Crippen LogP contribution in [0.1, 0.15) is 37.4 Å². The molecule has 0 aromatic carbocycles. The maximum Gasteiger partial charge on any atom is 0.231 e. The monoisotopic (exact) mass is 194 g/mol. The zero-order valence-corrected chi connectivity index (χ0v) is 8.27. The molecular weight excluding hydrogens is 180 g/mol. The van der Waals surface area contributed by atoms with Crippen LogP contribution in [-0.4, -0.2) is 21.2 Å². The first-order chi connectivity index (χ1) is 6.70. The molecule has 76 valence electrons. The first-order valence-corrected chi connectivity index (χ1v) is 4.71. The number of nitrogens with zero attached hydrogens (tertiary/aromatic N) is 2. The second-order valence-electron chi connectivity index (χ2n) is 3.27. The summed E-state index contributed by atoms with van der Waals surface area (Å²) in [6, 6.07) is 0. The average molecular weight is 194 g/mol. The van der Waals surface area contributed by atoms with Gasteiger partial charge in [-0.25, -0.2) is 4.98 Å². The van der Waals surface area contributed by atoms with Gasteiger partial charge in [0.05, 0.1) is 0 Å². The molecule has 1 aromatic heterocycles. The number of hydrogen-bond donors (Lipinski definition) is 0. The van der Waals surface area contributed by atoms with Gasteiger partial charge in [-0.05, 0) is 19.8 Å². The van der Waals surface area contributed by atoms with Crippen molar-refractivity contribution in [3.05, 3.63) is 18.7 Å². The molecule has 0 N–H and O–H groups in total. The van der Waals surface area contributed by atoms with Gasteiger partial charge in [0.15, 0.2) is 0 Å². The van der Waals surface area contributed by atoms with Gasteiger partial charge >= 0.3 is 0 Å². The molecule has 4 nitrogen and oxygen atoms in total. The van der Waals surface area contributed by atoms with E-state index in [1.165, 1.54) is 10.9 Å². The molecule has 0 amide bonds. The lowest BCUT2D eigenvalue weighted by Gasteiger charge is -1.99. The lowest BCUT2D eigenvalue weighted by molar-refractivity contribution is -0.117. The Morgan fingerprint density at radius 2 is 2.00 bits per heavy atom. The van der Waals surface area contributed by atoms with Crippen molar-refractivity contribution in [3.63, 3.8) is 0 Å². The van der Waals surface area contributed by atoms with Gasteiger partial charge in [0.1, 0.15) is 12.1 Å². The number of carbonyl (C=O) groups is 2. The number of imidazole rings is 1. The lowest BCUT2D eigenvalue weighted by Crippen LogP contribution is -2.07. The van der Waals surface area contributed by atoms with Gasteiger partial charge in [0.2, 0.25) is 5.91 Å². The van der Waals surface area contributed by atoms with E-state index >= 15 is 0 Å². The van der Waals surface area contributed by atoms with Crippen molar-refractivity contribution in [1.82, 2.24) is 9.55 Å². The zero-order chi connectivity index (χ0) is 10.4. The SMILES string of the molecule is CC(=O)CCCCC(=O)n1ccnc1. The molecule has 1 rings (SSSR count). The summed E-state index contributed by atoms with van der Waals surface area (Å²) in [5, 5.41) is 0. The molecule has 4 heteroatoms. The fourth-order valence-electron chi connectivity index (χ4n) is 1.19. The molecule has 0 aliphatic heterocycles. The third-order valence-electron chi connectivity index (χ3n) is 1.96. The Labute approximate surface area is 82.9 Å². The number of ketones is 1. The van der Waals surface area contributed by atoms with Crippen molar-refractivity contribution in [2.24, 2.45) is 0 Å². The van der Waals surface area contributed by atoms with E-state index in [9.17, 15) is 9.59 Å². The van der Waals surface area contributed by atoms with Crippen LogP contribution in [-0.2, 0) is 4.79 Å². The highest BCUT2D eigenvalue weighted by atomic mass is 16.2. The van der Waals surface area contributed by atoms with Crippen LogP contribution >= 0.6 is 0 Å². The fraction of sp³-hybridized carbons (Fsp3) is 0.500. The van der Waals surface area contributed by atoms with Crippen LogP contribution in [0.4, 0.5) is 0 Å². The summed E-state index contributed by atoms with van der Waals surface area (Å²) in [6.45, 7) is 1.57. The predicted molar refractivity (Wildman–Crippen MR) is 52.0 cm³/mol. The molecule has 0 aliphatic carbocycles. The summed E-state index contributed by atoms with van der Waals surface area (Å²) in [7, 11) is 0. The highest BCUT2D eigenvalue weighted by Gasteiger charge is 2.03. The normalized spacial score (nSPS) is 10.1. The summed E-state index contributed by atoms with van der Waals surface area (Å²) >= 11 is 0. The first-order valence-electron chi connectivity index (χ1n) is 4.71. The minimum absolute atomic E-state index is 0.0334. The summed E-state index contributed by atoms with van der Waals surface area (Å²) in [5.74, 6) is 0.214. The third kappa shape index (κ3) is 3.51. The van der Waals surface area contributed by atoms with Crippen molar-refractivity contribution in [2.45, 2.75) is 32.6 Å². The first kappa shape index (κ1) is 10.6. The molecule has 1 aromatic rings. The topological polar surface area (TPSA) is 52.0 Å². The Morgan fingerprint density at radius 1 is 1.29 bits per heavy atom. The number of Topliss-reactive ketones (excluding diaryl/α,β-unsaturated/α-hetero) is 1. The molecule has 14 heavy (non-hydrogen) atoms. The Kier molecular flexibility index (Phi) is 4.04. The minimum atomic E-state index is 0.0334. The van der Waals surface area contributed by atoms with Gasteiger partial charge in [-0.3, -0.25) is 9.36 Å². The highest BCUT2D eigenvalue weighted by Crippen LogP contribution is 2.02. The zero-order valence-electron chi connectivity index (χ0n) is 8.27. The van der Waals surface area contributed by atoms with Crippen LogP contribution in [0.2, 0.25) is 0 Å². The number of carbonyl (C=O) groups excluding carboxylic acids is 2. The number of rotatable bonds is 5. The molecule has 0 saturated heterocycles. The Morgan fingerprint density at radius 3 is 2.57 bits per heavy atom. The van der Waals surface area contributed by atoms with Gasteiger partial charge in [-0.15, -0.1) is 0 Å². The summed E-state index contributed by atoms with van der Waals surface area (Å²) in [4.78, 5) is 25.8. The van der Waals surface area contributed by atoms with Gasteiger partial charge in [0, 0.05) is 25.2 Å². The lowest BCUT2D eigenvalue weighted by atomic mass is 10.1. The van der Waals surface area contributed by atoms with Crippen molar-refractivity contribution in [2.75, 3.05) is 0 Å². The fourth-order valence-corrected chi connectivity index (χ4v) is 1.19. The smallest absolute Gasteiger partial charge is 0.231 e. The minimum Gasteiger partial charge on any atom is -0.300 e. The van der Waals surface area contributed by atoms with Crippen molar-refractivity contribution < 1.29 is 9.59 Å². The van der Waals surface area contributed by atoms with Crippen LogP contribution in [0, 0.1) is 0 Å². The van der Waals surface area contributed by atoms with Gasteiger partial charge in [-0.1, -0.05) is 0 Å².